The molecule has 40 heavy (non-hydrogen) atoms. The smallest absolute Gasteiger partial charge is 0.350 e. The van der Waals surface area contributed by atoms with E-state index in [2.05, 4.69) is 11.6 Å². The lowest BCUT2D eigenvalue weighted by atomic mass is 9.94. The molecule has 0 saturated carbocycles. The number of benzene rings is 2. The molecule has 5 rings (SSSR count). The van der Waals surface area contributed by atoms with Gasteiger partial charge in [-0.15, -0.1) is 0 Å². The van der Waals surface area contributed by atoms with E-state index >= 15 is 0 Å². The number of aliphatic hydroxyl groups is 1. The number of hydrogen-bond donors (Lipinski definition) is 1. The van der Waals surface area contributed by atoms with Gasteiger partial charge in [-0.1, -0.05) is 36.1 Å². The Morgan fingerprint density at radius 2 is 2.08 bits per heavy atom. The molecular formula is C30H28N2O7S. The number of nitrogens with zero attached hydrogens (tertiary/aromatic N) is 2. The molecule has 3 heterocycles. The van der Waals surface area contributed by atoms with Gasteiger partial charge in [-0.05, 0) is 62.2 Å². The zero-order valence-electron chi connectivity index (χ0n) is 22.3. The molecule has 2 aliphatic rings. The summed E-state index contributed by atoms with van der Waals surface area (Å²) in [4.78, 5) is 45.6. The lowest BCUT2D eigenvalue weighted by Crippen LogP contribution is -2.29. The number of ether oxygens (including phenoxy) is 3. The second-order valence-electron chi connectivity index (χ2n) is 9.43. The van der Waals surface area contributed by atoms with Crippen LogP contribution in [0.15, 0.2) is 60.7 Å². The van der Waals surface area contributed by atoms with E-state index in [1.807, 2.05) is 13.8 Å². The number of carbonyl (C=O) groups is 3. The molecule has 0 spiro atoms. The van der Waals surface area contributed by atoms with Crippen LogP contribution in [-0.2, 0) is 20.7 Å². The molecule has 1 saturated heterocycles. The average molecular weight is 561 g/mol. The standard InChI is InChI=1S/C30H28N2O7S/c1-5-12-38-29(36)27-17(4)31-30(40-27)32-24(18-8-7-9-21(15-18)37-6-2)23(26(34)28(32)35)25(33)19-10-11-22-20(14-19)13-16(3)39-22/h5,7-11,14-16,24,33H,1,6,12-13H2,2-4H3/t16-,24-/m0/s1. The molecular weight excluding hydrogens is 532 g/mol. The largest absolute Gasteiger partial charge is 0.507 e. The highest BCUT2D eigenvalue weighted by Gasteiger charge is 2.48. The van der Waals surface area contributed by atoms with Crippen molar-refractivity contribution in [2.24, 2.45) is 0 Å². The van der Waals surface area contributed by atoms with Gasteiger partial charge in [0, 0.05) is 12.0 Å². The summed E-state index contributed by atoms with van der Waals surface area (Å²) in [5, 5.41) is 11.7. The van der Waals surface area contributed by atoms with Crippen molar-refractivity contribution in [1.29, 1.82) is 0 Å². The molecule has 10 heteroatoms. The Morgan fingerprint density at radius 3 is 2.83 bits per heavy atom. The maximum Gasteiger partial charge on any atom is 0.350 e. The molecule has 0 unspecified atom stereocenters. The number of hydrogen-bond acceptors (Lipinski definition) is 9. The Kier molecular flexibility index (Phi) is 7.44. The Labute approximate surface area is 235 Å². The van der Waals surface area contributed by atoms with Crippen molar-refractivity contribution < 1.29 is 33.7 Å². The first-order chi connectivity index (χ1) is 19.2. The molecule has 2 aliphatic heterocycles. The number of ketones is 1. The highest BCUT2D eigenvalue weighted by atomic mass is 32.1. The molecule has 206 valence electrons. The van der Waals surface area contributed by atoms with E-state index in [1.165, 1.54) is 11.0 Å². The molecule has 0 aliphatic carbocycles. The van der Waals surface area contributed by atoms with E-state index in [0.29, 0.717) is 35.6 Å². The summed E-state index contributed by atoms with van der Waals surface area (Å²) in [6.45, 7) is 9.41. The zero-order valence-corrected chi connectivity index (χ0v) is 23.1. The molecule has 1 amide bonds. The van der Waals surface area contributed by atoms with Gasteiger partial charge >= 0.3 is 11.9 Å². The molecule has 0 radical (unpaired) electrons. The van der Waals surface area contributed by atoms with E-state index in [1.54, 1.807) is 49.4 Å². The van der Waals surface area contributed by atoms with Gasteiger partial charge < -0.3 is 19.3 Å². The lowest BCUT2D eigenvalue weighted by molar-refractivity contribution is -0.132. The van der Waals surface area contributed by atoms with Gasteiger partial charge in [0.05, 0.1) is 23.9 Å². The maximum absolute atomic E-state index is 13.6. The number of aliphatic hydroxyl groups excluding tert-OH is 1. The summed E-state index contributed by atoms with van der Waals surface area (Å²) in [6.07, 6.45) is 2.11. The second-order valence-corrected chi connectivity index (χ2v) is 10.4. The van der Waals surface area contributed by atoms with Crippen LogP contribution in [0.1, 0.15) is 51.9 Å². The van der Waals surface area contributed by atoms with E-state index in [-0.39, 0.29) is 34.1 Å². The highest BCUT2D eigenvalue weighted by Crippen LogP contribution is 2.45. The summed E-state index contributed by atoms with van der Waals surface area (Å²) in [7, 11) is 0. The van der Waals surface area contributed by atoms with Crippen molar-refractivity contribution in [1.82, 2.24) is 4.98 Å². The normalized spacial score (nSPS) is 19.3. The Morgan fingerprint density at radius 1 is 1.27 bits per heavy atom. The molecule has 3 aromatic rings. The van der Waals surface area contributed by atoms with Crippen LogP contribution in [0.3, 0.4) is 0 Å². The third kappa shape index (κ3) is 4.86. The number of rotatable bonds is 8. The first-order valence-electron chi connectivity index (χ1n) is 12.8. The van der Waals surface area contributed by atoms with Crippen LogP contribution in [-0.4, -0.2) is 47.1 Å². The summed E-state index contributed by atoms with van der Waals surface area (Å²) in [6, 6.07) is 11.1. The van der Waals surface area contributed by atoms with Crippen LogP contribution in [0.25, 0.3) is 5.76 Å². The second kappa shape index (κ2) is 11.0. The van der Waals surface area contributed by atoms with Crippen molar-refractivity contribution in [3.63, 3.8) is 0 Å². The van der Waals surface area contributed by atoms with E-state index in [4.69, 9.17) is 14.2 Å². The number of carbonyl (C=O) groups excluding carboxylic acids is 3. The van der Waals surface area contributed by atoms with Crippen LogP contribution in [0.5, 0.6) is 11.5 Å². The number of thiazole rings is 1. The summed E-state index contributed by atoms with van der Waals surface area (Å²) >= 11 is 0.941. The SMILES string of the molecule is C=CCOC(=O)c1sc(N2C(=O)C(=O)C(=C(O)c3ccc4c(c3)C[C@H](C)O4)[C@@H]2c2cccc(OCC)c2)nc1C. The summed E-state index contributed by atoms with van der Waals surface area (Å²) < 4.78 is 16.6. The molecule has 2 atom stereocenters. The van der Waals surface area contributed by atoms with E-state index in [9.17, 15) is 19.5 Å². The minimum absolute atomic E-state index is 0.000195. The number of amides is 1. The van der Waals surface area contributed by atoms with Crippen molar-refractivity contribution in [3.05, 3.63) is 88.0 Å². The quantitative estimate of drug-likeness (QED) is 0.132. The van der Waals surface area contributed by atoms with Gasteiger partial charge in [-0.2, -0.15) is 0 Å². The third-order valence-corrected chi connectivity index (χ3v) is 7.74. The molecule has 0 bridgehead atoms. The third-order valence-electron chi connectivity index (χ3n) is 6.61. The summed E-state index contributed by atoms with van der Waals surface area (Å²) in [5.41, 5.74) is 2.09. The highest BCUT2D eigenvalue weighted by molar-refractivity contribution is 7.17. The van der Waals surface area contributed by atoms with Gasteiger partial charge in [-0.3, -0.25) is 14.5 Å². The number of esters is 1. The zero-order chi connectivity index (χ0) is 28.6. The fourth-order valence-electron chi connectivity index (χ4n) is 4.89. The fraction of sp³-hybridized carbons (Fsp3) is 0.267. The molecule has 9 nitrogen and oxygen atoms in total. The number of Topliss-reactive ketones (excluding diaryl/α,β-unsaturated/α-hetero) is 1. The van der Waals surface area contributed by atoms with Crippen molar-refractivity contribution in [3.8, 4) is 11.5 Å². The number of fused-ring (bicyclic) bond motifs is 1. The van der Waals surface area contributed by atoms with Crippen molar-refractivity contribution in [2.45, 2.75) is 39.3 Å². The topological polar surface area (TPSA) is 115 Å². The van der Waals surface area contributed by atoms with Crippen LogP contribution in [0.2, 0.25) is 0 Å². The Hall–Kier alpha value is -4.44. The summed E-state index contributed by atoms with van der Waals surface area (Å²) in [5.74, 6) is -1.39. The fourth-order valence-corrected chi connectivity index (χ4v) is 5.87. The predicted molar refractivity (Wildman–Crippen MR) is 150 cm³/mol. The molecule has 1 aromatic heterocycles. The van der Waals surface area contributed by atoms with Crippen molar-refractivity contribution in [2.75, 3.05) is 18.1 Å². The first kappa shape index (κ1) is 27.1. The maximum atomic E-state index is 13.6. The number of aryl methyl sites for hydroxylation is 1. The van der Waals surface area contributed by atoms with Gasteiger partial charge in [0.2, 0.25) is 0 Å². The minimum Gasteiger partial charge on any atom is -0.507 e. The predicted octanol–water partition coefficient (Wildman–Crippen LogP) is 5.14. The van der Waals surface area contributed by atoms with Gasteiger partial charge in [0.25, 0.3) is 5.78 Å². The lowest BCUT2D eigenvalue weighted by Gasteiger charge is -2.23. The monoisotopic (exact) mass is 560 g/mol. The van der Waals surface area contributed by atoms with Crippen LogP contribution >= 0.6 is 11.3 Å². The van der Waals surface area contributed by atoms with Crippen LogP contribution in [0.4, 0.5) is 5.13 Å². The van der Waals surface area contributed by atoms with E-state index in [0.717, 1.165) is 22.6 Å². The number of anilines is 1. The van der Waals surface area contributed by atoms with Gasteiger partial charge in [-0.25, -0.2) is 9.78 Å². The van der Waals surface area contributed by atoms with E-state index < -0.39 is 23.7 Å². The van der Waals surface area contributed by atoms with Crippen LogP contribution < -0.4 is 14.4 Å². The molecule has 1 N–H and O–H groups in total. The Bertz CT molecular complexity index is 1560. The van der Waals surface area contributed by atoms with Gasteiger partial charge in [0.1, 0.15) is 34.8 Å². The Balaban J connectivity index is 1.65. The van der Waals surface area contributed by atoms with Gasteiger partial charge in [0.15, 0.2) is 5.13 Å². The number of aromatic nitrogens is 1. The minimum atomic E-state index is -1.02. The average Bonchev–Trinajstić information content (AvgIpc) is 3.59. The van der Waals surface area contributed by atoms with Crippen molar-refractivity contribution >= 4 is 39.9 Å². The molecule has 1 fully saturated rings. The molecule has 2 aromatic carbocycles. The van der Waals surface area contributed by atoms with Crippen LogP contribution in [0, 0.1) is 6.92 Å². The first-order valence-corrected chi connectivity index (χ1v) is 13.6.